The van der Waals surface area contributed by atoms with Gasteiger partial charge in [0.15, 0.2) is 5.76 Å². The van der Waals surface area contributed by atoms with Crippen LogP contribution in [0.4, 0.5) is 8.78 Å². The number of rotatable bonds is 5. The number of hydrazone groups is 1. The number of amides is 1. The fourth-order valence-corrected chi connectivity index (χ4v) is 2.39. The number of ether oxygens (including phenoxy) is 1. The van der Waals surface area contributed by atoms with Crippen LogP contribution in [-0.4, -0.2) is 18.7 Å². The highest BCUT2D eigenvalue weighted by molar-refractivity contribution is 5.99. The van der Waals surface area contributed by atoms with Crippen LogP contribution in [0, 0.1) is 6.92 Å². The first-order valence-electron chi connectivity index (χ1n) is 7.41. The third-order valence-corrected chi connectivity index (χ3v) is 3.55. The maximum Gasteiger partial charge on any atom is 0.387 e. The summed E-state index contributed by atoms with van der Waals surface area (Å²) < 4.78 is 34.7. The highest BCUT2D eigenvalue weighted by Crippen LogP contribution is 2.24. The number of hydrogen-bond acceptors (Lipinski definition) is 4. The van der Waals surface area contributed by atoms with Crippen LogP contribution in [-0.2, 0) is 0 Å². The number of alkyl halides is 2. The van der Waals surface area contributed by atoms with Crippen LogP contribution in [0.1, 0.15) is 21.7 Å². The maximum absolute atomic E-state index is 12.4. The Morgan fingerprint density at radius 1 is 1.20 bits per heavy atom. The highest BCUT2D eigenvalue weighted by atomic mass is 19.3. The molecule has 0 bridgehead atoms. The van der Waals surface area contributed by atoms with Crippen LogP contribution >= 0.6 is 0 Å². The summed E-state index contributed by atoms with van der Waals surface area (Å²) >= 11 is 0. The number of nitrogens with zero attached hydrogens (tertiary/aromatic N) is 1. The fourth-order valence-electron chi connectivity index (χ4n) is 2.39. The predicted octanol–water partition coefficient (Wildman–Crippen LogP) is 4.11. The number of furan rings is 1. The Balaban J connectivity index is 1.76. The zero-order valence-electron chi connectivity index (χ0n) is 13.2. The zero-order chi connectivity index (χ0) is 17.8. The topological polar surface area (TPSA) is 63.8 Å². The van der Waals surface area contributed by atoms with Gasteiger partial charge in [-0.25, -0.2) is 5.43 Å². The van der Waals surface area contributed by atoms with Gasteiger partial charge in [0.2, 0.25) is 0 Å². The minimum absolute atomic E-state index is 0.0320. The number of carbonyl (C=O) groups is 1. The second-order valence-corrected chi connectivity index (χ2v) is 5.17. The van der Waals surface area contributed by atoms with Crippen molar-refractivity contribution in [2.75, 3.05) is 0 Å². The van der Waals surface area contributed by atoms with Crippen molar-refractivity contribution < 1.29 is 22.7 Å². The largest absolute Gasteiger partial charge is 0.451 e. The van der Waals surface area contributed by atoms with Crippen molar-refractivity contribution in [3.63, 3.8) is 0 Å². The van der Waals surface area contributed by atoms with Gasteiger partial charge in [0.25, 0.3) is 0 Å². The molecule has 0 radical (unpaired) electrons. The molecule has 0 aliphatic carbocycles. The van der Waals surface area contributed by atoms with E-state index in [9.17, 15) is 13.6 Å². The first-order chi connectivity index (χ1) is 12.1. The molecule has 0 atom stereocenters. The molecule has 128 valence electrons. The minimum Gasteiger partial charge on any atom is -0.451 e. The third kappa shape index (κ3) is 3.65. The SMILES string of the molecule is Cc1c(C(=O)N/N=C\c2ccccc2OC(F)F)oc2ccccc12. The molecule has 0 unspecified atom stereocenters. The number of halogens is 2. The molecule has 3 rings (SSSR count). The zero-order valence-corrected chi connectivity index (χ0v) is 13.2. The highest BCUT2D eigenvalue weighted by Gasteiger charge is 2.16. The molecule has 1 aromatic heterocycles. The van der Waals surface area contributed by atoms with Gasteiger partial charge in [0.05, 0.1) is 6.21 Å². The van der Waals surface area contributed by atoms with E-state index in [1.807, 2.05) is 18.2 Å². The molecule has 1 amide bonds. The normalized spacial score (nSPS) is 11.4. The predicted molar refractivity (Wildman–Crippen MR) is 89.1 cm³/mol. The fraction of sp³-hybridized carbons (Fsp3) is 0.111. The van der Waals surface area contributed by atoms with Crippen LogP contribution in [0.15, 0.2) is 58.0 Å². The van der Waals surface area contributed by atoms with Gasteiger partial charge in [-0.2, -0.15) is 13.9 Å². The first-order valence-corrected chi connectivity index (χ1v) is 7.41. The van der Waals surface area contributed by atoms with Crippen molar-refractivity contribution in [1.82, 2.24) is 5.43 Å². The Morgan fingerprint density at radius 2 is 1.92 bits per heavy atom. The van der Waals surface area contributed by atoms with E-state index in [0.29, 0.717) is 16.7 Å². The second kappa shape index (κ2) is 7.12. The van der Waals surface area contributed by atoms with E-state index in [0.717, 1.165) is 5.39 Å². The average molecular weight is 344 g/mol. The summed E-state index contributed by atoms with van der Waals surface area (Å²) in [5.74, 6) is -0.414. The van der Waals surface area contributed by atoms with Gasteiger partial charge in [0, 0.05) is 16.5 Å². The molecule has 7 heteroatoms. The van der Waals surface area contributed by atoms with E-state index >= 15 is 0 Å². The van der Waals surface area contributed by atoms with E-state index in [2.05, 4.69) is 15.3 Å². The quantitative estimate of drug-likeness (QED) is 0.560. The number of carbonyl (C=O) groups excluding carboxylic acids is 1. The number of para-hydroxylation sites is 2. The number of aryl methyl sites for hydroxylation is 1. The standard InChI is InChI=1S/C18H14F2N2O3/c1-11-13-7-3-5-9-15(13)24-16(11)17(23)22-21-10-12-6-2-4-8-14(12)25-18(19)20/h2-10,18H,1H3,(H,22,23)/b21-10-. The van der Waals surface area contributed by atoms with Crippen molar-refractivity contribution in [3.05, 3.63) is 65.4 Å². The van der Waals surface area contributed by atoms with E-state index in [4.69, 9.17) is 4.42 Å². The molecule has 5 nitrogen and oxygen atoms in total. The summed E-state index contributed by atoms with van der Waals surface area (Å²) in [5, 5.41) is 4.63. The van der Waals surface area contributed by atoms with Crippen molar-refractivity contribution in [1.29, 1.82) is 0 Å². The minimum atomic E-state index is -2.94. The summed E-state index contributed by atoms with van der Waals surface area (Å²) in [6, 6.07) is 13.4. The van der Waals surface area contributed by atoms with E-state index < -0.39 is 12.5 Å². The van der Waals surface area contributed by atoms with Crippen LogP contribution in [0.25, 0.3) is 11.0 Å². The maximum atomic E-state index is 12.4. The number of fused-ring (bicyclic) bond motifs is 1. The molecule has 0 fully saturated rings. The summed E-state index contributed by atoms with van der Waals surface area (Å²) in [6.07, 6.45) is 1.23. The number of nitrogens with one attached hydrogen (secondary N) is 1. The van der Waals surface area contributed by atoms with Gasteiger partial charge < -0.3 is 9.15 Å². The molecule has 25 heavy (non-hydrogen) atoms. The van der Waals surface area contributed by atoms with E-state index in [1.165, 1.54) is 12.3 Å². The van der Waals surface area contributed by atoms with E-state index in [1.54, 1.807) is 31.2 Å². The summed E-state index contributed by atoms with van der Waals surface area (Å²) in [6.45, 7) is -1.17. The van der Waals surface area contributed by atoms with Gasteiger partial charge in [-0.1, -0.05) is 30.3 Å². The molecular weight excluding hydrogens is 330 g/mol. The van der Waals surface area contributed by atoms with Crippen molar-refractivity contribution >= 4 is 23.1 Å². The van der Waals surface area contributed by atoms with Crippen molar-refractivity contribution in [2.24, 2.45) is 5.10 Å². The summed E-state index contributed by atoms with van der Waals surface area (Å²) in [4.78, 5) is 12.2. The molecule has 1 heterocycles. The third-order valence-electron chi connectivity index (χ3n) is 3.55. The lowest BCUT2D eigenvalue weighted by Crippen LogP contribution is -2.18. The van der Waals surface area contributed by atoms with Gasteiger partial charge in [-0.3, -0.25) is 4.79 Å². The number of hydrogen-bond donors (Lipinski definition) is 1. The summed E-state index contributed by atoms with van der Waals surface area (Å²) in [5.41, 5.74) is 3.93. The van der Waals surface area contributed by atoms with Gasteiger partial charge >= 0.3 is 12.5 Å². The lowest BCUT2D eigenvalue weighted by molar-refractivity contribution is -0.0499. The lowest BCUT2D eigenvalue weighted by atomic mass is 10.1. The van der Waals surface area contributed by atoms with Crippen LogP contribution in [0.5, 0.6) is 5.75 Å². The van der Waals surface area contributed by atoms with Gasteiger partial charge in [-0.05, 0) is 25.1 Å². The Labute approximate surface area is 141 Å². The molecule has 0 aliphatic rings. The Kier molecular flexibility index (Phi) is 4.74. The molecule has 3 aromatic rings. The molecular formula is C18H14F2N2O3. The number of benzene rings is 2. The molecule has 2 aromatic carbocycles. The van der Waals surface area contributed by atoms with E-state index in [-0.39, 0.29) is 11.5 Å². The molecule has 1 N–H and O–H groups in total. The van der Waals surface area contributed by atoms with Gasteiger partial charge in [0.1, 0.15) is 11.3 Å². The van der Waals surface area contributed by atoms with Crippen LogP contribution < -0.4 is 10.2 Å². The monoisotopic (exact) mass is 344 g/mol. The second-order valence-electron chi connectivity index (χ2n) is 5.17. The van der Waals surface area contributed by atoms with Crippen LogP contribution in [0.3, 0.4) is 0 Å². The van der Waals surface area contributed by atoms with Crippen molar-refractivity contribution in [2.45, 2.75) is 13.5 Å². The van der Waals surface area contributed by atoms with Crippen molar-refractivity contribution in [3.8, 4) is 5.75 Å². The van der Waals surface area contributed by atoms with Crippen LogP contribution in [0.2, 0.25) is 0 Å². The molecule has 0 saturated heterocycles. The molecule has 0 spiro atoms. The summed E-state index contributed by atoms with van der Waals surface area (Å²) in [7, 11) is 0. The molecule has 0 saturated carbocycles. The first kappa shape index (κ1) is 16.6. The average Bonchev–Trinajstić information content (AvgIpc) is 2.93. The smallest absolute Gasteiger partial charge is 0.387 e. The van der Waals surface area contributed by atoms with Gasteiger partial charge in [-0.15, -0.1) is 0 Å². The Hall–Kier alpha value is -3.22. The molecule has 0 aliphatic heterocycles. The lowest BCUT2D eigenvalue weighted by Gasteiger charge is -2.06. The Bertz CT molecular complexity index is 935. The Morgan fingerprint density at radius 3 is 2.68 bits per heavy atom.